The van der Waals surface area contributed by atoms with Crippen LogP contribution >= 0.6 is 61.0 Å². The van der Waals surface area contributed by atoms with Crippen molar-refractivity contribution in [2.45, 2.75) is 188 Å². The second kappa shape index (κ2) is 41.3. The van der Waals surface area contributed by atoms with Crippen molar-refractivity contribution < 1.29 is 224 Å². The first-order chi connectivity index (χ1) is 68.7. The fourth-order valence-electron chi connectivity index (χ4n) is 30.8. The zero-order valence-electron chi connectivity index (χ0n) is 83.9. The quantitative estimate of drug-likeness (QED) is 0.0407. The second-order valence-electron chi connectivity index (χ2n) is 43.4. The summed E-state index contributed by atoms with van der Waals surface area (Å²) in [7, 11) is -4.03. The van der Waals surface area contributed by atoms with Crippen LogP contribution in [0.3, 0.4) is 0 Å². The Bertz CT molecular complexity index is 6780. The summed E-state index contributed by atoms with van der Waals surface area (Å²) < 4.78 is 58.2. The third-order valence-electron chi connectivity index (χ3n) is 36.0. The first-order valence-corrected chi connectivity index (χ1v) is 56.6. The Morgan fingerprint density at radius 3 is 0.692 bits per heavy atom. The molecule has 0 radical (unpaired) electrons. The van der Waals surface area contributed by atoms with Crippen molar-refractivity contribution in [3.05, 3.63) is 264 Å². The van der Waals surface area contributed by atoms with Crippen LogP contribution in [-0.2, 0) is 90.3 Å². The van der Waals surface area contributed by atoms with Crippen molar-refractivity contribution in [1.29, 1.82) is 0 Å². The van der Waals surface area contributed by atoms with Crippen LogP contribution < -0.4 is 147 Å². The number of ether oxygens (including phenoxy) is 4. The second-order valence-corrected chi connectivity index (χ2v) is 49.9. The number of methoxy groups -OCH3 is 4. The number of hydrogen-bond acceptors (Lipinski definition) is 26. The number of phenolic OH excluding ortho intramolecular Hbond substituents is 2. The first kappa shape index (κ1) is 107. The van der Waals surface area contributed by atoms with E-state index < -0.39 is 61.2 Å². The number of phosphoric ester groups is 2. The largest absolute Gasteiger partial charge is 1.00 e. The van der Waals surface area contributed by atoms with Gasteiger partial charge in [0.1, 0.15) is 38.6 Å². The molecule has 16 aliphatic carbocycles. The summed E-state index contributed by atoms with van der Waals surface area (Å²) in [4.78, 5) is 103. The fourth-order valence-corrected chi connectivity index (χ4v) is 35.7. The van der Waals surface area contributed by atoms with Crippen molar-refractivity contribution in [2.24, 2.45) is 94.7 Å². The molecule has 8 aromatic carbocycles. The summed E-state index contributed by atoms with van der Waals surface area (Å²) in [6, 6.07) is 75.5. The summed E-state index contributed by atoms with van der Waals surface area (Å²) in [6.07, 6.45) is 23.6. The van der Waals surface area contributed by atoms with E-state index in [1.165, 1.54) is 132 Å². The van der Waals surface area contributed by atoms with Gasteiger partial charge < -0.3 is 66.9 Å². The van der Waals surface area contributed by atoms with Crippen LogP contribution in [0.4, 0.5) is 0 Å². The van der Waals surface area contributed by atoms with Gasteiger partial charge in [-0.05, 0) is 356 Å². The van der Waals surface area contributed by atoms with Gasteiger partial charge in [-0.25, -0.2) is 19.6 Å². The molecule has 4 spiro atoms. The van der Waals surface area contributed by atoms with Gasteiger partial charge in [0, 0.05) is 112 Å². The van der Waals surface area contributed by atoms with E-state index in [9.17, 15) is 38.9 Å². The van der Waals surface area contributed by atoms with Crippen LogP contribution in [0.2, 0.25) is 0 Å². The molecular formula is C114H114Na4O22P2S4. The van der Waals surface area contributed by atoms with Crippen molar-refractivity contribution in [1.82, 2.24) is 0 Å². The van der Waals surface area contributed by atoms with Crippen molar-refractivity contribution in [2.75, 3.05) is 28.4 Å². The van der Waals surface area contributed by atoms with Crippen molar-refractivity contribution in [3.63, 3.8) is 0 Å². The summed E-state index contributed by atoms with van der Waals surface area (Å²) in [5.41, 5.74) is 10.4. The molecule has 32 rings (SSSR count). The van der Waals surface area contributed by atoms with E-state index in [0.29, 0.717) is 69.6 Å². The topological polar surface area (TPSA) is 296 Å². The predicted molar refractivity (Wildman–Crippen MR) is 533 cm³/mol. The molecule has 4 atom stereocenters. The molecule has 8 heterocycles. The van der Waals surface area contributed by atoms with E-state index >= 15 is 0 Å². The Kier molecular flexibility index (Phi) is 30.3. The van der Waals surface area contributed by atoms with E-state index in [4.69, 9.17) is 67.1 Å². The van der Waals surface area contributed by atoms with Crippen LogP contribution in [-0.4, -0.2) is 61.1 Å². The molecule has 20 fully saturated rings. The molecule has 0 amide bonds. The fraction of sp³-hybridized carbons (Fsp3) is 0.439. The monoisotopic (exact) mass is 2120 g/mol. The third-order valence-corrected chi connectivity index (χ3v) is 41.5. The van der Waals surface area contributed by atoms with E-state index in [0.717, 1.165) is 161 Å². The summed E-state index contributed by atoms with van der Waals surface area (Å²) in [5.74, 6) is 5.36. The average molecular weight is 2120 g/mol. The minimum absolute atomic E-state index is 0. The number of phenols is 2. The van der Waals surface area contributed by atoms with E-state index in [2.05, 4.69) is 91.9 Å². The Hall–Kier alpha value is -4.42. The zero-order chi connectivity index (χ0) is 97.0. The van der Waals surface area contributed by atoms with E-state index in [1.54, 1.807) is 75.4 Å². The average Bonchev–Trinajstić information content (AvgIpc) is 0.855. The molecule has 146 heavy (non-hydrogen) atoms. The standard InChI is InChI=1S/C29H31O7PS.C29H30O4S.C28H29O7PS.C28H28O4S.4Na/c1-17-3-5-20(6-4-17)26-9-10-27(38-26)24-8-7-21(16-25(24)34-37(30,31)32)29(33-2)28(35-36-29)22-12-18-11-19(14-22)15-23(28)13-18;1-17-3-5-20(6-4-17)26-9-10-27(34-26)24-8-7-21(16-25(24)30)29(31-2)28(32-33-29)22-12-18-11-19(14-22)15-23(28)13-18;1-32-28(27(34-35-28)21-12-17-11-18(14-21)15-22(27)13-17)20-7-8-23(24(16-20)33-36(29,30)31)26-10-9-25(37-26)19-5-3-2-4-6-19;1-30-28(27(31-32-28)21-12-17-11-18(14-21)15-22(27)13-17)20-7-8-23(24(29)16-20)26-10-9-25(33-26)19-5-3-2-4-6-19;;;;/h3-10,16,18-19,22-23H,11-15H2,1-2H3,(H2,30,31,32);3-10,16,18-19,22-23,30H,11-15H2,1-2H3;2-10,16-18,21-22H,11-15H2,1H3,(H2,29,30,31);2-10,16-18,21-22,29H,11-15H2,1H3;;;;/q;;;;4*+1/p-4. The number of hydrogen-bond donors (Lipinski definition) is 2. The number of benzene rings is 8. The Balaban J connectivity index is 0.000000113. The minimum atomic E-state index is -5.33. The van der Waals surface area contributed by atoms with Crippen molar-refractivity contribution in [3.8, 4) is 107 Å². The summed E-state index contributed by atoms with van der Waals surface area (Å²) >= 11 is 6.38. The molecule has 4 aromatic heterocycles. The van der Waals surface area contributed by atoms with Gasteiger partial charge in [0.05, 0.1) is 0 Å². The van der Waals surface area contributed by atoms with Gasteiger partial charge >= 0.3 is 118 Å². The van der Waals surface area contributed by atoms with Crippen LogP contribution in [0.5, 0.6) is 23.0 Å². The molecule has 740 valence electrons. The molecule has 4 saturated heterocycles. The number of thiophene rings is 4. The third kappa shape index (κ3) is 17.7. The van der Waals surface area contributed by atoms with Gasteiger partial charge in [-0.15, -0.1) is 45.3 Å². The van der Waals surface area contributed by atoms with Gasteiger partial charge in [-0.1, -0.05) is 145 Å². The van der Waals surface area contributed by atoms with Gasteiger partial charge in [0.15, 0.2) is 22.4 Å². The molecule has 32 heteroatoms. The summed E-state index contributed by atoms with van der Waals surface area (Å²) in [5, 5.41) is 22.2. The molecule has 2 N–H and O–H groups in total. The molecule has 4 aliphatic heterocycles. The number of aryl methyl sites for hydroxylation is 2. The maximum Gasteiger partial charge on any atom is 1.00 e. The summed E-state index contributed by atoms with van der Waals surface area (Å²) in [6.45, 7) is 4.14. The molecule has 22 nitrogen and oxygen atoms in total. The maximum absolute atomic E-state index is 11.8. The van der Waals surface area contributed by atoms with E-state index in [-0.39, 0.29) is 141 Å². The number of phosphoric acid groups is 2. The van der Waals surface area contributed by atoms with Crippen LogP contribution in [0.1, 0.15) is 162 Å². The van der Waals surface area contributed by atoms with Crippen LogP contribution in [0.25, 0.3) is 83.5 Å². The van der Waals surface area contributed by atoms with Gasteiger partial charge in [0.2, 0.25) is 0 Å². The molecule has 16 saturated carbocycles. The predicted octanol–water partition coefficient (Wildman–Crippen LogP) is 12.6. The minimum Gasteiger partial charge on any atom is -0.780 e. The van der Waals surface area contributed by atoms with Crippen molar-refractivity contribution >= 4 is 61.0 Å². The molecular weight excluding hydrogens is 2000 g/mol. The van der Waals surface area contributed by atoms with E-state index in [1.807, 2.05) is 128 Å². The Labute approximate surface area is 956 Å². The van der Waals surface area contributed by atoms with Crippen LogP contribution in [0.15, 0.2) is 231 Å². The number of rotatable bonds is 20. The van der Waals surface area contributed by atoms with Crippen LogP contribution in [0, 0.1) is 109 Å². The first-order valence-electron chi connectivity index (χ1n) is 50.4. The number of aromatic hydroxyl groups is 2. The molecule has 16 bridgehead atoms. The Morgan fingerprint density at radius 2 is 0.479 bits per heavy atom. The zero-order valence-corrected chi connectivity index (χ0v) is 97.0. The molecule has 12 aromatic rings. The van der Waals surface area contributed by atoms with Gasteiger partial charge in [-0.3, -0.25) is 0 Å². The molecule has 20 aliphatic rings. The SMILES string of the molecule is COC1(c2ccc(-c3ccc(-c4ccc(C)cc4)s3)c(O)c2)OOC12C1CC3CC(C1)CC2C3.COC1(c2ccc(-c3ccc(-c4ccc(C)cc4)s3)c(OP(=O)([O-])[O-])c2)OOC12C1CC3CC(C1)CC2C3.COC1(c2ccc(-c3ccc(-c4ccccc4)s3)c(O)c2)OOC12C1CC3CC(C1)CC2C3.COC1(c2ccc(-c3ccc(-c4ccccc4)s3)c(OP(=O)([O-])[O-])c2)OOC12C1CC3CC(C1)CC2C3.[Na+].[Na+].[Na+].[Na+]. The normalized spacial score (nSPS) is 33.8. The molecule has 4 unspecified atom stereocenters. The smallest absolute Gasteiger partial charge is 0.780 e. The Morgan fingerprint density at radius 1 is 0.267 bits per heavy atom. The van der Waals surface area contributed by atoms with Gasteiger partial charge in [0.25, 0.3) is 23.1 Å². The maximum atomic E-state index is 11.8. The van der Waals surface area contributed by atoms with Gasteiger partial charge in [-0.2, -0.15) is 19.6 Å².